The van der Waals surface area contributed by atoms with Gasteiger partial charge in [0, 0.05) is 76.9 Å². The minimum absolute atomic E-state index is 0.0360. The molecular weight excluding hydrogens is 606 g/mol. The van der Waals surface area contributed by atoms with Crippen LogP contribution in [0.2, 0.25) is 0 Å². The van der Waals surface area contributed by atoms with Crippen molar-refractivity contribution in [1.29, 1.82) is 0 Å². The van der Waals surface area contributed by atoms with Crippen molar-refractivity contribution in [2.75, 3.05) is 21.3 Å². The van der Waals surface area contributed by atoms with Gasteiger partial charge in [-0.25, -0.2) is 0 Å². The Balaban J connectivity index is 1.68. The molecule has 6 aromatic rings. The van der Waals surface area contributed by atoms with Crippen molar-refractivity contribution < 1.29 is 14.2 Å². The maximum atomic E-state index is 5.84. The number of hydrogen-bond donors (Lipinski definition) is 0. The maximum Gasteiger partial charge on any atom is 0.119 e. The summed E-state index contributed by atoms with van der Waals surface area (Å²) < 4.78 is 25.0. The minimum atomic E-state index is -0.0360. The molecule has 3 heterocycles. The van der Waals surface area contributed by atoms with Crippen molar-refractivity contribution >= 4 is 32.7 Å². The highest BCUT2D eigenvalue weighted by atomic mass is 16.5. The van der Waals surface area contributed by atoms with Crippen LogP contribution in [-0.2, 0) is 19.6 Å². The van der Waals surface area contributed by atoms with E-state index >= 15 is 0 Å². The van der Waals surface area contributed by atoms with Crippen molar-refractivity contribution in [3.63, 3.8) is 0 Å². The second-order valence-corrected chi connectivity index (χ2v) is 13.5. The predicted molar refractivity (Wildman–Crippen MR) is 205 cm³/mol. The monoisotopic (exact) mass is 661 g/mol. The molecule has 6 heteroatoms. The normalized spacial score (nSPS) is 11.8. The highest BCUT2D eigenvalue weighted by molar-refractivity contribution is 5.94. The molecule has 0 unspecified atom stereocenters. The Labute approximate surface area is 292 Å². The van der Waals surface area contributed by atoms with E-state index in [1.54, 1.807) is 21.3 Å². The molecule has 0 N–H and O–H groups in total. The Bertz CT molecular complexity index is 1770. The standard InChI is InChI=1S/C43H55N3O3/c1-7-10-13-22-44-28-37(34-25-31(47-4)16-19-40(34)44)43(38-29-45(23-14-11-8-2)41-20-17-32(48-5)26-35(38)41)39-30-46(24-15-12-9-3)42-21-18-33(49-6)27-36(39)42/h16-21,25-30,43H,7-15,22-24H2,1-6H3. The zero-order chi connectivity index (χ0) is 34.3. The molecule has 0 atom stereocenters. The smallest absolute Gasteiger partial charge is 0.119 e. The van der Waals surface area contributed by atoms with E-state index in [9.17, 15) is 0 Å². The van der Waals surface area contributed by atoms with Gasteiger partial charge in [0.2, 0.25) is 0 Å². The van der Waals surface area contributed by atoms with Crippen molar-refractivity contribution in [3.05, 3.63) is 89.9 Å². The quantitative estimate of drug-likeness (QED) is 0.0861. The molecule has 0 saturated heterocycles. The van der Waals surface area contributed by atoms with Crippen LogP contribution in [0.3, 0.4) is 0 Å². The molecule has 0 aliphatic heterocycles. The summed E-state index contributed by atoms with van der Waals surface area (Å²) >= 11 is 0. The van der Waals surface area contributed by atoms with Gasteiger partial charge in [-0.05, 0) is 90.6 Å². The van der Waals surface area contributed by atoms with E-state index in [2.05, 4.69) is 108 Å². The van der Waals surface area contributed by atoms with Crippen LogP contribution >= 0.6 is 0 Å². The van der Waals surface area contributed by atoms with Gasteiger partial charge in [-0.1, -0.05) is 59.3 Å². The molecule has 3 aromatic carbocycles. The first kappa shape index (κ1) is 34.5. The summed E-state index contributed by atoms with van der Waals surface area (Å²) in [7, 11) is 5.30. The fourth-order valence-electron chi connectivity index (χ4n) is 7.64. The lowest BCUT2D eigenvalue weighted by molar-refractivity contribution is 0.415. The number of nitrogens with zero attached hydrogens (tertiary/aromatic N) is 3. The molecule has 0 spiro atoms. The molecule has 0 radical (unpaired) electrons. The molecule has 6 nitrogen and oxygen atoms in total. The molecule has 260 valence electrons. The van der Waals surface area contributed by atoms with Crippen LogP contribution in [0.25, 0.3) is 32.7 Å². The van der Waals surface area contributed by atoms with E-state index in [-0.39, 0.29) is 5.92 Å². The summed E-state index contributed by atoms with van der Waals surface area (Å²) in [6, 6.07) is 19.8. The van der Waals surface area contributed by atoms with E-state index in [4.69, 9.17) is 14.2 Å². The van der Waals surface area contributed by atoms with Crippen LogP contribution in [0, 0.1) is 0 Å². The highest BCUT2D eigenvalue weighted by Gasteiger charge is 2.29. The minimum Gasteiger partial charge on any atom is -0.497 e. The Morgan fingerprint density at radius 2 is 0.755 bits per heavy atom. The van der Waals surface area contributed by atoms with Gasteiger partial charge >= 0.3 is 0 Å². The topological polar surface area (TPSA) is 42.5 Å². The zero-order valence-corrected chi connectivity index (χ0v) is 30.6. The van der Waals surface area contributed by atoms with Gasteiger partial charge in [0.05, 0.1) is 21.3 Å². The van der Waals surface area contributed by atoms with Crippen LogP contribution in [0.15, 0.2) is 73.2 Å². The van der Waals surface area contributed by atoms with Gasteiger partial charge in [0.1, 0.15) is 17.2 Å². The van der Waals surface area contributed by atoms with E-state index in [0.717, 1.165) is 56.1 Å². The number of aromatic nitrogens is 3. The molecule has 6 rings (SSSR count). The highest BCUT2D eigenvalue weighted by Crippen LogP contribution is 2.45. The number of benzene rings is 3. The van der Waals surface area contributed by atoms with Crippen LogP contribution < -0.4 is 14.2 Å². The molecule has 49 heavy (non-hydrogen) atoms. The van der Waals surface area contributed by atoms with Crippen LogP contribution in [0.1, 0.15) is 101 Å². The lowest BCUT2D eigenvalue weighted by atomic mass is 9.84. The summed E-state index contributed by atoms with van der Waals surface area (Å²) in [5.41, 5.74) is 7.67. The average Bonchev–Trinajstić information content (AvgIpc) is 3.80. The maximum absolute atomic E-state index is 5.84. The summed E-state index contributed by atoms with van der Waals surface area (Å²) in [4.78, 5) is 0. The number of ether oxygens (including phenoxy) is 3. The summed E-state index contributed by atoms with van der Waals surface area (Å²) in [5, 5.41) is 3.72. The van der Waals surface area contributed by atoms with Gasteiger partial charge in [-0.2, -0.15) is 0 Å². The third kappa shape index (κ3) is 7.06. The number of rotatable bonds is 18. The largest absolute Gasteiger partial charge is 0.497 e. The molecule has 3 aromatic heterocycles. The third-order valence-corrected chi connectivity index (χ3v) is 10.3. The second-order valence-electron chi connectivity index (χ2n) is 13.5. The fourth-order valence-corrected chi connectivity index (χ4v) is 7.64. The van der Waals surface area contributed by atoms with Crippen LogP contribution in [-0.4, -0.2) is 35.0 Å². The lowest BCUT2D eigenvalue weighted by Gasteiger charge is -2.17. The van der Waals surface area contributed by atoms with E-state index in [0.29, 0.717) is 0 Å². The molecule has 0 aliphatic rings. The number of hydrogen-bond acceptors (Lipinski definition) is 3. The van der Waals surface area contributed by atoms with Gasteiger partial charge in [-0.3, -0.25) is 0 Å². The van der Waals surface area contributed by atoms with E-state index in [1.165, 1.54) is 87.9 Å². The molecule has 0 bridgehead atoms. The van der Waals surface area contributed by atoms with Crippen LogP contribution in [0.4, 0.5) is 0 Å². The summed E-state index contributed by atoms with van der Waals surface area (Å²) in [6.07, 6.45) is 18.0. The predicted octanol–water partition coefficient (Wildman–Crippen LogP) is 11.3. The molecule has 0 amide bonds. The number of aryl methyl sites for hydroxylation is 3. The molecule has 0 aliphatic carbocycles. The van der Waals surface area contributed by atoms with E-state index in [1.807, 2.05) is 0 Å². The fraction of sp³-hybridized carbons (Fsp3) is 0.442. The Morgan fingerprint density at radius 3 is 1.02 bits per heavy atom. The Kier molecular flexibility index (Phi) is 11.2. The first-order chi connectivity index (χ1) is 24.0. The van der Waals surface area contributed by atoms with Gasteiger partial charge < -0.3 is 27.9 Å². The first-order valence-electron chi connectivity index (χ1n) is 18.5. The van der Waals surface area contributed by atoms with Gasteiger partial charge in [0.15, 0.2) is 0 Å². The third-order valence-electron chi connectivity index (χ3n) is 10.3. The number of fused-ring (bicyclic) bond motifs is 3. The van der Waals surface area contributed by atoms with Crippen molar-refractivity contribution in [2.45, 2.75) is 104 Å². The molecular formula is C43H55N3O3. The Hall–Kier alpha value is -4.32. The van der Waals surface area contributed by atoms with Gasteiger partial charge in [0.25, 0.3) is 0 Å². The number of methoxy groups -OCH3 is 3. The molecule has 0 saturated carbocycles. The Morgan fingerprint density at radius 1 is 0.449 bits per heavy atom. The second kappa shape index (κ2) is 15.9. The summed E-state index contributed by atoms with van der Waals surface area (Å²) in [5.74, 6) is 2.61. The zero-order valence-electron chi connectivity index (χ0n) is 30.6. The lowest BCUT2D eigenvalue weighted by Crippen LogP contribution is -2.04. The summed E-state index contributed by atoms with van der Waals surface area (Å²) in [6.45, 7) is 9.79. The van der Waals surface area contributed by atoms with Crippen LogP contribution in [0.5, 0.6) is 17.2 Å². The van der Waals surface area contributed by atoms with E-state index < -0.39 is 0 Å². The van der Waals surface area contributed by atoms with Crippen molar-refractivity contribution in [1.82, 2.24) is 13.7 Å². The van der Waals surface area contributed by atoms with Gasteiger partial charge in [-0.15, -0.1) is 0 Å². The molecule has 0 fully saturated rings. The van der Waals surface area contributed by atoms with Crippen molar-refractivity contribution in [2.24, 2.45) is 0 Å². The number of unbranched alkanes of at least 4 members (excludes halogenated alkanes) is 6. The first-order valence-corrected chi connectivity index (χ1v) is 18.5. The van der Waals surface area contributed by atoms with Crippen molar-refractivity contribution in [3.8, 4) is 17.2 Å². The SMILES string of the molecule is CCCCCn1cc(C(c2cn(CCCCC)c3ccc(OC)cc23)c2cn(CCCCC)c3ccc(OC)cc23)c2cc(OC)ccc21. The average molecular weight is 662 g/mol.